The van der Waals surface area contributed by atoms with E-state index in [1.165, 1.54) is 28.5 Å². The molecule has 52 heavy (non-hydrogen) atoms. The van der Waals surface area contributed by atoms with Gasteiger partial charge in [-0.1, -0.05) is 95.7 Å². The number of nitrogens with zero attached hydrogens (tertiary/aromatic N) is 6. The van der Waals surface area contributed by atoms with Crippen molar-refractivity contribution in [3.8, 4) is 11.4 Å². The van der Waals surface area contributed by atoms with Crippen molar-refractivity contribution in [2.24, 2.45) is 4.99 Å². The number of carbonyl (C=O) groups excluding carboxylic acids is 1. The van der Waals surface area contributed by atoms with Gasteiger partial charge < -0.3 is 9.30 Å². The summed E-state index contributed by atoms with van der Waals surface area (Å²) < 4.78 is 9.24. The van der Waals surface area contributed by atoms with Crippen molar-refractivity contribution in [2.45, 2.75) is 36.5 Å². The Kier molecular flexibility index (Phi) is 9.99. The van der Waals surface area contributed by atoms with E-state index in [0.29, 0.717) is 54.6 Å². The molecule has 4 aromatic carbocycles. The summed E-state index contributed by atoms with van der Waals surface area (Å²) in [6.07, 6.45) is 1.63. The number of carbonyl (C=O) groups is 1. The van der Waals surface area contributed by atoms with E-state index in [-0.39, 0.29) is 22.4 Å². The van der Waals surface area contributed by atoms with E-state index in [4.69, 9.17) is 21.3 Å². The first-order chi connectivity index (χ1) is 25.3. The van der Waals surface area contributed by atoms with Crippen LogP contribution in [0.25, 0.3) is 23.2 Å². The second-order valence-corrected chi connectivity index (χ2v) is 13.9. The van der Waals surface area contributed by atoms with Gasteiger partial charge in [0.05, 0.1) is 33.4 Å². The predicted octanol–water partition coefficient (Wildman–Crippen LogP) is 6.93. The minimum Gasteiger partial charge on any atom is -0.463 e. The van der Waals surface area contributed by atoms with E-state index in [1.807, 2.05) is 90.4 Å². The van der Waals surface area contributed by atoms with Crippen LogP contribution in [0.15, 0.2) is 129 Å². The molecular formula is C38H29ClN6O5S2. The maximum absolute atomic E-state index is 14.5. The average molecular weight is 749 g/mol. The van der Waals surface area contributed by atoms with Gasteiger partial charge >= 0.3 is 5.97 Å². The molecule has 1 aliphatic heterocycles. The molecule has 6 aromatic rings. The fraction of sp³-hybridized carbons (Fsp3) is 0.132. The number of thiazole rings is 1. The molecule has 0 N–H and O–H groups in total. The summed E-state index contributed by atoms with van der Waals surface area (Å²) >= 11 is 8.67. The summed E-state index contributed by atoms with van der Waals surface area (Å²) in [7, 11) is 0. The van der Waals surface area contributed by atoms with Crippen molar-refractivity contribution in [3.05, 3.63) is 160 Å². The third kappa shape index (κ3) is 6.73. The summed E-state index contributed by atoms with van der Waals surface area (Å²) in [6, 6.07) is 29.5. The number of hydrogen-bond acceptors (Lipinski definition) is 10. The van der Waals surface area contributed by atoms with E-state index in [9.17, 15) is 19.7 Å². The van der Waals surface area contributed by atoms with Gasteiger partial charge in [-0.3, -0.25) is 19.5 Å². The first kappa shape index (κ1) is 34.8. The van der Waals surface area contributed by atoms with Crippen molar-refractivity contribution in [1.82, 2.24) is 19.3 Å². The zero-order valence-corrected chi connectivity index (χ0v) is 30.2. The number of ether oxygens (including phenoxy) is 1. The molecule has 0 saturated carbocycles. The topological polar surface area (TPSA) is 135 Å². The Bertz CT molecular complexity index is 2550. The van der Waals surface area contributed by atoms with Crippen LogP contribution in [0.3, 0.4) is 0 Å². The SMILES string of the molecule is CCOC(=O)C1=C(c2ccccc2)N=c2s/c(=C/c3cc([N+](=O)[O-])ccc3Sc3nnc(-c4cccc(Cl)c4)n3CC)c(=O)n2[C@@H]1c1ccccc1. The number of non-ortho nitro benzene ring substituents is 1. The van der Waals surface area contributed by atoms with Gasteiger partial charge in [0.15, 0.2) is 15.8 Å². The second kappa shape index (κ2) is 14.9. The molecule has 1 aliphatic rings. The van der Waals surface area contributed by atoms with Crippen molar-refractivity contribution in [2.75, 3.05) is 6.61 Å². The van der Waals surface area contributed by atoms with E-state index in [1.54, 1.807) is 25.1 Å². The molecule has 3 heterocycles. The number of nitro groups is 1. The lowest BCUT2D eigenvalue weighted by Gasteiger charge is -2.25. The van der Waals surface area contributed by atoms with E-state index < -0.39 is 22.5 Å². The van der Waals surface area contributed by atoms with Crippen LogP contribution in [0.5, 0.6) is 0 Å². The first-order valence-electron chi connectivity index (χ1n) is 16.3. The highest BCUT2D eigenvalue weighted by Gasteiger charge is 2.35. The third-order valence-electron chi connectivity index (χ3n) is 8.30. The van der Waals surface area contributed by atoms with Gasteiger partial charge in [0.2, 0.25) is 0 Å². The Balaban J connectivity index is 1.41. The smallest absolute Gasteiger partial charge is 0.338 e. The van der Waals surface area contributed by atoms with Gasteiger partial charge in [0.25, 0.3) is 11.2 Å². The van der Waals surface area contributed by atoms with Crippen LogP contribution >= 0.6 is 34.7 Å². The standard InChI is InChI=1S/C38H29ClN6O5S2/c1-3-43-34(25-16-11-17-27(39)20-25)41-42-38(43)51-29-19-18-28(45(48)49)21-26(29)22-30-35(46)44-33(24-14-9-6-10-15-24)31(36(47)50-4-2)32(40-37(44)52-30)23-12-7-5-8-13-23/h5-22,33H,3-4H2,1-2H3/b30-22+/t33-/m1/s1. The van der Waals surface area contributed by atoms with Crippen LogP contribution in [0, 0.1) is 10.1 Å². The Labute approximate surface area is 310 Å². The van der Waals surface area contributed by atoms with Gasteiger partial charge in [-0.25, -0.2) is 9.79 Å². The molecular weight excluding hydrogens is 720 g/mol. The molecule has 260 valence electrons. The van der Waals surface area contributed by atoms with Gasteiger partial charge in [0, 0.05) is 39.7 Å². The lowest BCUT2D eigenvalue weighted by Crippen LogP contribution is -2.40. The van der Waals surface area contributed by atoms with Gasteiger partial charge in [-0.15, -0.1) is 10.2 Å². The number of fused-ring (bicyclic) bond motifs is 1. The highest BCUT2D eigenvalue weighted by atomic mass is 35.5. The van der Waals surface area contributed by atoms with Crippen LogP contribution < -0.4 is 14.9 Å². The van der Waals surface area contributed by atoms with Crippen molar-refractivity contribution >= 4 is 58.1 Å². The maximum atomic E-state index is 14.5. The molecule has 0 spiro atoms. The largest absolute Gasteiger partial charge is 0.463 e. The predicted molar refractivity (Wildman–Crippen MR) is 201 cm³/mol. The number of halogens is 1. The zero-order valence-electron chi connectivity index (χ0n) is 27.8. The van der Waals surface area contributed by atoms with E-state index in [2.05, 4.69) is 10.2 Å². The lowest BCUT2D eigenvalue weighted by atomic mass is 9.93. The fourth-order valence-corrected chi connectivity index (χ4v) is 8.13. The Morgan fingerprint density at radius 1 is 0.981 bits per heavy atom. The highest BCUT2D eigenvalue weighted by Crippen LogP contribution is 2.36. The molecule has 0 fully saturated rings. The molecule has 0 bridgehead atoms. The zero-order chi connectivity index (χ0) is 36.4. The summed E-state index contributed by atoms with van der Waals surface area (Å²) in [4.78, 5) is 45.5. The van der Waals surface area contributed by atoms with Crippen molar-refractivity contribution in [1.29, 1.82) is 0 Å². The molecule has 2 aromatic heterocycles. The van der Waals surface area contributed by atoms with Crippen LogP contribution in [0.4, 0.5) is 5.69 Å². The Morgan fingerprint density at radius 3 is 2.40 bits per heavy atom. The molecule has 1 atom stereocenters. The van der Waals surface area contributed by atoms with Crippen LogP contribution in [0.1, 0.15) is 36.6 Å². The average Bonchev–Trinajstić information content (AvgIpc) is 3.71. The van der Waals surface area contributed by atoms with Crippen LogP contribution in [-0.4, -0.2) is 36.8 Å². The lowest BCUT2D eigenvalue weighted by molar-refractivity contribution is -0.384. The molecule has 0 aliphatic carbocycles. The highest BCUT2D eigenvalue weighted by molar-refractivity contribution is 7.99. The summed E-state index contributed by atoms with van der Waals surface area (Å²) in [5.41, 5.74) is 2.71. The molecule has 11 nitrogen and oxygen atoms in total. The van der Waals surface area contributed by atoms with Gasteiger partial charge in [0.1, 0.15) is 0 Å². The Hall–Kier alpha value is -5.63. The minimum absolute atomic E-state index is 0.135. The van der Waals surface area contributed by atoms with E-state index in [0.717, 1.165) is 16.9 Å². The van der Waals surface area contributed by atoms with Crippen molar-refractivity contribution in [3.63, 3.8) is 0 Å². The van der Waals surface area contributed by atoms with Gasteiger partial charge in [-0.2, -0.15) is 0 Å². The number of esters is 1. The molecule has 0 saturated heterocycles. The monoisotopic (exact) mass is 748 g/mol. The summed E-state index contributed by atoms with van der Waals surface area (Å²) in [6.45, 7) is 4.37. The van der Waals surface area contributed by atoms with Crippen molar-refractivity contribution < 1.29 is 14.5 Å². The molecule has 0 radical (unpaired) electrons. The maximum Gasteiger partial charge on any atom is 0.338 e. The number of hydrogen-bond donors (Lipinski definition) is 0. The fourth-order valence-electron chi connectivity index (χ4n) is 5.98. The van der Waals surface area contributed by atoms with Crippen LogP contribution in [0.2, 0.25) is 5.02 Å². The Morgan fingerprint density at radius 2 is 1.71 bits per heavy atom. The molecule has 7 rings (SSSR count). The quantitative estimate of drug-likeness (QED) is 0.0837. The normalized spacial score (nSPS) is 14.2. The molecule has 14 heteroatoms. The first-order valence-corrected chi connectivity index (χ1v) is 18.3. The van der Waals surface area contributed by atoms with Crippen LogP contribution in [-0.2, 0) is 16.1 Å². The number of benzene rings is 4. The molecule has 0 amide bonds. The van der Waals surface area contributed by atoms with Gasteiger partial charge in [-0.05, 0) is 61.0 Å². The third-order valence-corrected chi connectivity index (χ3v) is 10.6. The van der Waals surface area contributed by atoms with E-state index >= 15 is 0 Å². The number of rotatable bonds is 10. The molecule has 0 unspecified atom stereocenters. The number of nitro benzene ring substituents is 1. The number of aromatic nitrogens is 4. The second-order valence-electron chi connectivity index (χ2n) is 11.5. The summed E-state index contributed by atoms with van der Waals surface area (Å²) in [5, 5.41) is 21.9. The summed E-state index contributed by atoms with van der Waals surface area (Å²) in [5.74, 6) is 0.0413. The minimum atomic E-state index is -0.846.